The predicted molar refractivity (Wildman–Crippen MR) is 122 cm³/mol. The highest BCUT2D eigenvalue weighted by Crippen LogP contribution is 2.35. The Hall–Kier alpha value is -2.82. The minimum Gasteiger partial charge on any atom is -0.486 e. The number of anilines is 2. The summed E-state index contributed by atoms with van der Waals surface area (Å²) in [7, 11) is -3.86. The quantitative estimate of drug-likeness (QED) is 0.710. The number of carbonyl (C=O) groups is 1. The zero-order valence-corrected chi connectivity index (χ0v) is 19.1. The molecule has 2 aromatic carbocycles. The number of hydrogen-bond donors (Lipinski definition) is 1. The van der Waals surface area contributed by atoms with E-state index in [1.165, 1.54) is 16.4 Å². The number of morpholine rings is 1. The third-order valence-electron chi connectivity index (χ3n) is 6.14. The molecule has 10 heteroatoms. The Morgan fingerprint density at radius 3 is 2.39 bits per heavy atom. The average Bonchev–Trinajstić information content (AvgIpc) is 3.36. The molecule has 0 spiro atoms. The number of ether oxygens (including phenoxy) is 3. The van der Waals surface area contributed by atoms with Crippen LogP contribution in [0.5, 0.6) is 11.5 Å². The fourth-order valence-corrected chi connectivity index (χ4v) is 6.08. The molecule has 0 aliphatic carbocycles. The van der Waals surface area contributed by atoms with E-state index in [1.807, 2.05) is 24.3 Å². The first kappa shape index (κ1) is 22.0. The van der Waals surface area contributed by atoms with Gasteiger partial charge < -0.3 is 24.4 Å². The molecule has 2 fully saturated rings. The van der Waals surface area contributed by atoms with Gasteiger partial charge in [0.2, 0.25) is 15.9 Å². The number of nitrogens with one attached hydrogen (secondary N) is 1. The van der Waals surface area contributed by atoms with Crippen molar-refractivity contribution >= 4 is 27.3 Å². The van der Waals surface area contributed by atoms with Crippen LogP contribution in [0.2, 0.25) is 0 Å². The van der Waals surface area contributed by atoms with Crippen LogP contribution in [-0.4, -0.2) is 70.7 Å². The van der Waals surface area contributed by atoms with Crippen molar-refractivity contribution < 1.29 is 27.4 Å². The lowest BCUT2D eigenvalue weighted by molar-refractivity contribution is -0.119. The van der Waals surface area contributed by atoms with Crippen molar-refractivity contribution in [3.63, 3.8) is 0 Å². The first-order chi connectivity index (χ1) is 16.0. The van der Waals surface area contributed by atoms with E-state index < -0.39 is 16.1 Å². The van der Waals surface area contributed by atoms with Crippen molar-refractivity contribution in [1.29, 1.82) is 0 Å². The van der Waals surface area contributed by atoms with Crippen LogP contribution in [0, 0.1) is 0 Å². The summed E-state index contributed by atoms with van der Waals surface area (Å²) in [5, 5.41) is 2.88. The van der Waals surface area contributed by atoms with Crippen molar-refractivity contribution in [2.45, 2.75) is 23.8 Å². The van der Waals surface area contributed by atoms with E-state index >= 15 is 0 Å². The van der Waals surface area contributed by atoms with E-state index in [4.69, 9.17) is 14.2 Å². The average molecular weight is 474 g/mol. The lowest BCUT2D eigenvalue weighted by atomic mass is 10.2. The van der Waals surface area contributed by atoms with Gasteiger partial charge in [-0.2, -0.15) is 4.31 Å². The molecular formula is C23H27N3O6S. The summed E-state index contributed by atoms with van der Waals surface area (Å²) in [6.45, 7) is 4.17. The first-order valence-electron chi connectivity index (χ1n) is 11.2. The van der Waals surface area contributed by atoms with Gasteiger partial charge in [-0.05, 0) is 49.2 Å². The summed E-state index contributed by atoms with van der Waals surface area (Å²) < 4.78 is 44.4. The van der Waals surface area contributed by atoms with Crippen LogP contribution in [-0.2, 0) is 19.6 Å². The number of sulfonamides is 1. The van der Waals surface area contributed by atoms with Crippen LogP contribution in [0.3, 0.4) is 0 Å². The molecular weight excluding hydrogens is 446 g/mol. The van der Waals surface area contributed by atoms with Gasteiger partial charge >= 0.3 is 0 Å². The predicted octanol–water partition coefficient (Wildman–Crippen LogP) is 2.09. The van der Waals surface area contributed by atoms with Crippen molar-refractivity contribution in [3.05, 3.63) is 42.5 Å². The summed E-state index contributed by atoms with van der Waals surface area (Å²) in [6.07, 6.45) is 1.10. The molecule has 0 radical (unpaired) electrons. The highest BCUT2D eigenvalue weighted by atomic mass is 32.2. The normalized spacial score (nSPS) is 21.1. The lowest BCUT2D eigenvalue weighted by Crippen LogP contribution is -2.43. The van der Waals surface area contributed by atoms with Crippen LogP contribution in [0.4, 0.5) is 11.4 Å². The van der Waals surface area contributed by atoms with E-state index in [-0.39, 0.29) is 10.8 Å². The van der Waals surface area contributed by atoms with Gasteiger partial charge in [0.25, 0.3) is 0 Å². The van der Waals surface area contributed by atoms with Gasteiger partial charge in [0.05, 0.1) is 18.1 Å². The molecule has 0 bridgehead atoms. The maximum absolute atomic E-state index is 13.3. The molecule has 2 saturated heterocycles. The minimum absolute atomic E-state index is 0.0984. The van der Waals surface area contributed by atoms with Crippen molar-refractivity contribution in [2.24, 2.45) is 0 Å². The zero-order valence-electron chi connectivity index (χ0n) is 18.2. The second-order valence-corrected chi connectivity index (χ2v) is 10.1. The molecule has 0 unspecified atom stereocenters. The Kier molecular flexibility index (Phi) is 6.13. The van der Waals surface area contributed by atoms with Crippen molar-refractivity contribution in [2.75, 3.05) is 56.3 Å². The van der Waals surface area contributed by atoms with E-state index in [0.29, 0.717) is 63.0 Å². The third kappa shape index (κ3) is 4.50. The highest BCUT2D eigenvalue weighted by Gasteiger charge is 2.40. The summed E-state index contributed by atoms with van der Waals surface area (Å²) in [4.78, 5) is 15.4. The summed E-state index contributed by atoms with van der Waals surface area (Å²) in [5.41, 5.74) is 1.71. The second kappa shape index (κ2) is 9.20. The molecule has 9 nitrogen and oxygen atoms in total. The first-order valence-corrected chi connectivity index (χ1v) is 12.6. The number of benzene rings is 2. The van der Waals surface area contributed by atoms with Gasteiger partial charge in [-0.15, -0.1) is 0 Å². The second-order valence-electron chi connectivity index (χ2n) is 8.21. The van der Waals surface area contributed by atoms with Crippen LogP contribution in [0.25, 0.3) is 0 Å². The van der Waals surface area contributed by atoms with Crippen LogP contribution < -0.4 is 19.7 Å². The zero-order chi connectivity index (χ0) is 22.8. The summed E-state index contributed by atoms with van der Waals surface area (Å²) >= 11 is 0. The Balaban J connectivity index is 1.29. The number of fused-ring (bicyclic) bond motifs is 1. The number of nitrogens with zero attached hydrogens (tertiary/aromatic N) is 2. The van der Waals surface area contributed by atoms with Crippen molar-refractivity contribution in [1.82, 2.24) is 4.31 Å². The maximum atomic E-state index is 13.3. The van der Waals surface area contributed by atoms with Gasteiger partial charge in [-0.25, -0.2) is 8.42 Å². The molecule has 5 rings (SSSR count). The largest absolute Gasteiger partial charge is 0.486 e. The van der Waals surface area contributed by atoms with E-state index in [0.717, 1.165) is 18.8 Å². The van der Waals surface area contributed by atoms with E-state index in [2.05, 4.69) is 10.2 Å². The third-order valence-corrected chi connectivity index (χ3v) is 8.04. The van der Waals surface area contributed by atoms with E-state index in [9.17, 15) is 13.2 Å². The molecule has 2 aromatic rings. The number of hydrogen-bond acceptors (Lipinski definition) is 7. The van der Waals surface area contributed by atoms with Gasteiger partial charge in [-0.1, -0.05) is 0 Å². The number of rotatable bonds is 5. The van der Waals surface area contributed by atoms with Gasteiger partial charge in [0.15, 0.2) is 11.5 Å². The van der Waals surface area contributed by atoms with Crippen LogP contribution in [0.1, 0.15) is 12.8 Å². The Morgan fingerprint density at radius 1 is 0.909 bits per heavy atom. The summed E-state index contributed by atoms with van der Waals surface area (Å²) in [5.74, 6) is 0.604. The molecule has 0 saturated carbocycles. The van der Waals surface area contributed by atoms with Crippen LogP contribution in [0.15, 0.2) is 47.4 Å². The molecule has 176 valence electrons. The SMILES string of the molecule is O=C(Nc1ccc(N2CCOCC2)cc1)[C@H]1CCCN1S(=O)(=O)c1ccc2c(c1)OCCO2. The molecule has 33 heavy (non-hydrogen) atoms. The van der Waals surface area contributed by atoms with E-state index in [1.54, 1.807) is 6.07 Å². The minimum atomic E-state index is -3.86. The molecule has 3 aliphatic heterocycles. The number of carbonyl (C=O) groups excluding carboxylic acids is 1. The lowest BCUT2D eigenvalue weighted by Gasteiger charge is -2.29. The van der Waals surface area contributed by atoms with Crippen LogP contribution >= 0.6 is 0 Å². The Labute approximate surface area is 193 Å². The summed E-state index contributed by atoms with van der Waals surface area (Å²) in [6, 6.07) is 11.4. The standard InChI is InChI=1S/C23H27N3O6S/c27-23(24-17-3-5-18(6-4-17)25-10-12-30-13-11-25)20-2-1-9-26(20)33(28,29)19-7-8-21-22(16-19)32-15-14-31-21/h3-8,16,20H,1-2,9-15H2,(H,24,27)/t20-/m1/s1. The fourth-order valence-electron chi connectivity index (χ4n) is 4.41. The maximum Gasteiger partial charge on any atom is 0.243 e. The van der Waals surface area contributed by atoms with Gasteiger partial charge in [-0.3, -0.25) is 4.79 Å². The molecule has 0 aromatic heterocycles. The fraction of sp³-hybridized carbons (Fsp3) is 0.435. The number of amides is 1. The smallest absolute Gasteiger partial charge is 0.243 e. The van der Waals surface area contributed by atoms with Crippen molar-refractivity contribution in [3.8, 4) is 11.5 Å². The van der Waals surface area contributed by atoms with Gasteiger partial charge in [0, 0.05) is 37.1 Å². The highest BCUT2D eigenvalue weighted by molar-refractivity contribution is 7.89. The molecule has 3 heterocycles. The Bertz CT molecular complexity index is 1120. The van der Waals surface area contributed by atoms with Gasteiger partial charge in [0.1, 0.15) is 19.3 Å². The molecule has 1 atom stereocenters. The monoisotopic (exact) mass is 473 g/mol. The topological polar surface area (TPSA) is 97.4 Å². The molecule has 1 amide bonds. The molecule has 1 N–H and O–H groups in total. The molecule has 3 aliphatic rings. The Morgan fingerprint density at radius 2 is 1.64 bits per heavy atom.